The van der Waals surface area contributed by atoms with E-state index in [1.807, 2.05) is 0 Å². The highest BCUT2D eigenvalue weighted by atomic mass is 16.8. The van der Waals surface area contributed by atoms with Crippen molar-refractivity contribution in [1.82, 2.24) is 9.97 Å². The van der Waals surface area contributed by atoms with Crippen LogP contribution in [0.1, 0.15) is 47.2 Å². The molecule has 0 aliphatic heterocycles. The zero-order valence-electron chi connectivity index (χ0n) is 14.2. The SMILES string of the molecule is C#Cc1cnc(N=C(OC(=O)OC(C)(C)C)OC(C)(C)C)cn1. The minimum atomic E-state index is -0.922. The van der Waals surface area contributed by atoms with Gasteiger partial charge in [0.15, 0.2) is 5.82 Å². The summed E-state index contributed by atoms with van der Waals surface area (Å²) in [4.78, 5) is 23.7. The molecular weight excluding hydrogens is 298 g/mol. The second kappa shape index (κ2) is 7.09. The standard InChI is InChI=1S/C16H21N3O4/c1-8-11-9-18-12(10-17-11)19-13(22-15(2,3)4)21-14(20)23-16(5,6)7/h1,9-10H,2-7H3. The Morgan fingerprint density at radius 2 is 1.70 bits per heavy atom. The number of ether oxygens (including phenoxy) is 3. The van der Waals surface area contributed by atoms with E-state index >= 15 is 0 Å². The van der Waals surface area contributed by atoms with Crippen molar-refractivity contribution in [2.45, 2.75) is 52.7 Å². The van der Waals surface area contributed by atoms with Gasteiger partial charge in [0, 0.05) is 0 Å². The number of carbonyl (C=O) groups is 1. The van der Waals surface area contributed by atoms with Crippen molar-refractivity contribution in [2.24, 2.45) is 4.99 Å². The molecule has 7 nitrogen and oxygen atoms in total. The van der Waals surface area contributed by atoms with Crippen LogP contribution in [0.4, 0.5) is 10.6 Å². The van der Waals surface area contributed by atoms with E-state index in [4.69, 9.17) is 20.6 Å². The molecule has 0 aliphatic rings. The molecule has 0 aromatic carbocycles. The summed E-state index contributed by atoms with van der Waals surface area (Å²) in [6, 6.07) is 0. The molecule has 0 saturated heterocycles. The molecule has 0 unspecified atom stereocenters. The highest BCUT2D eigenvalue weighted by Gasteiger charge is 2.23. The van der Waals surface area contributed by atoms with Gasteiger partial charge in [0.25, 0.3) is 0 Å². The van der Waals surface area contributed by atoms with Gasteiger partial charge in [-0.1, -0.05) is 0 Å². The lowest BCUT2D eigenvalue weighted by Gasteiger charge is -2.23. The largest absolute Gasteiger partial charge is 0.517 e. The average molecular weight is 319 g/mol. The van der Waals surface area contributed by atoms with Gasteiger partial charge in [0.2, 0.25) is 0 Å². The van der Waals surface area contributed by atoms with E-state index in [1.165, 1.54) is 12.4 Å². The molecule has 23 heavy (non-hydrogen) atoms. The fourth-order valence-corrected chi connectivity index (χ4v) is 1.22. The molecule has 0 saturated carbocycles. The van der Waals surface area contributed by atoms with E-state index in [2.05, 4.69) is 20.9 Å². The molecule has 7 heteroatoms. The Balaban J connectivity index is 2.97. The van der Waals surface area contributed by atoms with Crippen molar-refractivity contribution in [3.63, 3.8) is 0 Å². The molecule has 1 rings (SSSR count). The Morgan fingerprint density at radius 3 is 2.13 bits per heavy atom. The number of hydrogen-bond donors (Lipinski definition) is 0. The van der Waals surface area contributed by atoms with Gasteiger partial charge < -0.3 is 14.2 Å². The van der Waals surface area contributed by atoms with Crippen molar-refractivity contribution >= 4 is 18.1 Å². The fourth-order valence-electron chi connectivity index (χ4n) is 1.22. The lowest BCUT2D eigenvalue weighted by molar-refractivity contribution is -0.000867. The molecule has 124 valence electrons. The lowest BCUT2D eigenvalue weighted by atomic mass is 10.2. The van der Waals surface area contributed by atoms with Crippen molar-refractivity contribution in [3.8, 4) is 12.3 Å². The van der Waals surface area contributed by atoms with Gasteiger partial charge in [-0.05, 0) is 47.5 Å². The van der Waals surface area contributed by atoms with Crippen LogP contribution in [-0.4, -0.2) is 33.4 Å². The zero-order chi connectivity index (χ0) is 17.7. The minimum absolute atomic E-state index is 0.187. The van der Waals surface area contributed by atoms with Crippen LogP contribution in [0.2, 0.25) is 0 Å². The summed E-state index contributed by atoms with van der Waals surface area (Å²) >= 11 is 0. The van der Waals surface area contributed by atoms with Crippen LogP contribution >= 0.6 is 0 Å². The quantitative estimate of drug-likeness (QED) is 0.342. The van der Waals surface area contributed by atoms with Gasteiger partial charge in [-0.15, -0.1) is 6.42 Å². The normalized spacial score (nSPS) is 12.3. The summed E-state index contributed by atoms with van der Waals surface area (Å²) < 4.78 is 15.6. The summed E-state index contributed by atoms with van der Waals surface area (Å²) in [5, 5.41) is 0. The van der Waals surface area contributed by atoms with E-state index < -0.39 is 17.4 Å². The van der Waals surface area contributed by atoms with Crippen molar-refractivity contribution in [1.29, 1.82) is 0 Å². The van der Waals surface area contributed by atoms with Crippen molar-refractivity contribution in [3.05, 3.63) is 18.1 Å². The zero-order valence-corrected chi connectivity index (χ0v) is 14.2. The number of aliphatic imine (C=N–C) groups is 1. The third kappa shape index (κ3) is 7.81. The summed E-state index contributed by atoms with van der Waals surface area (Å²) in [7, 11) is 0. The van der Waals surface area contributed by atoms with Gasteiger partial charge in [-0.25, -0.2) is 14.8 Å². The Bertz CT molecular complexity index is 617. The van der Waals surface area contributed by atoms with Crippen LogP contribution in [0.25, 0.3) is 0 Å². The Labute approximate surface area is 136 Å². The first kappa shape index (κ1) is 18.4. The van der Waals surface area contributed by atoms with Crippen LogP contribution in [0.15, 0.2) is 17.4 Å². The van der Waals surface area contributed by atoms with Gasteiger partial charge in [0.1, 0.15) is 16.9 Å². The van der Waals surface area contributed by atoms with E-state index in [1.54, 1.807) is 41.5 Å². The maximum absolute atomic E-state index is 11.8. The van der Waals surface area contributed by atoms with Crippen LogP contribution < -0.4 is 0 Å². The molecule has 0 fully saturated rings. The van der Waals surface area contributed by atoms with E-state index in [0.717, 1.165) is 0 Å². The number of carbonyl (C=O) groups excluding carboxylic acids is 1. The Kier molecular flexibility index (Phi) is 5.68. The summed E-state index contributed by atoms with van der Waals surface area (Å²) in [6.07, 6.45) is 6.73. The molecule has 0 N–H and O–H groups in total. The maximum Gasteiger partial charge on any atom is 0.517 e. The number of hydrogen-bond acceptors (Lipinski definition) is 7. The second-order valence-electron chi connectivity index (χ2n) is 6.56. The molecule has 1 heterocycles. The molecule has 0 atom stereocenters. The smallest absolute Gasteiger partial charge is 0.444 e. The molecule has 0 aliphatic carbocycles. The molecule has 0 amide bonds. The van der Waals surface area contributed by atoms with Crippen molar-refractivity contribution < 1.29 is 19.0 Å². The van der Waals surface area contributed by atoms with Crippen LogP contribution in [-0.2, 0) is 14.2 Å². The summed E-state index contributed by atoms with van der Waals surface area (Å²) in [5.41, 5.74) is -0.958. The molecule has 0 radical (unpaired) electrons. The van der Waals surface area contributed by atoms with Gasteiger partial charge in [0.05, 0.1) is 12.4 Å². The molecule has 1 aromatic heterocycles. The Hall–Kier alpha value is -2.62. The van der Waals surface area contributed by atoms with Crippen molar-refractivity contribution in [2.75, 3.05) is 0 Å². The predicted molar refractivity (Wildman–Crippen MR) is 85.2 cm³/mol. The van der Waals surface area contributed by atoms with Crippen LogP contribution in [0.3, 0.4) is 0 Å². The third-order valence-electron chi connectivity index (χ3n) is 1.95. The second-order valence-corrected chi connectivity index (χ2v) is 6.56. The summed E-state index contributed by atoms with van der Waals surface area (Å²) in [5.74, 6) is 2.53. The number of nitrogens with zero attached hydrogens (tertiary/aromatic N) is 3. The Morgan fingerprint density at radius 1 is 1.09 bits per heavy atom. The number of terminal acetylenes is 1. The minimum Gasteiger partial charge on any atom is -0.444 e. The average Bonchev–Trinajstić information content (AvgIpc) is 2.35. The first-order valence-electron chi connectivity index (χ1n) is 6.96. The number of aromatic nitrogens is 2. The number of rotatable bonds is 1. The topological polar surface area (TPSA) is 82.9 Å². The van der Waals surface area contributed by atoms with E-state index in [0.29, 0.717) is 5.69 Å². The van der Waals surface area contributed by atoms with Gasteiger partial charge >= 0.3 is 12.2 Å². The fraction of sp³-hybridized carbons (Fsp3) is 0.500. The lowest BCUT2D eigenvalue weighted by Crippen LogP contribution is -2.30. The predicted octanol–water partition coefficient (Wildman–Crippen LogP) is 3.21. The molecule has 1 aromatic rings. The molecule has 0 spiro atoms. The monoisotopic (exact) mass is 319 g/mol. The molecule has 0 bridgehead atoms. The van der Waals surface area contributed by atoms with Gasteiger partial charge in [-0.2, -0.15) is 4.99 Å². The van der Waals surface area contributed by atoms with Gasteiger partial charge in [-0.3, -0.25) is 0 Å². The van der Waals surface area contributed by atoms with Crippen LogP contribution in [0.5, 0.6) is 0 Å². The summed E-state index contributed by atoms with van der Waals surface area (Å²) in [6.45, 7) is 10.5. The first-order chi connectivity index (χ1) is 10.5. The van der Waals surface area contributed by atoms with Crippen LogP contribution in [0, 0.1) is 12.3 Å². The molecular formula is C16H21N3O4. The van der Waals surface area contributed by atoms with E-state index in [-0.39, 0.29) is 11.9 Å². The highest BCUT2D eigenvalue weighted by molar-refractivity contribution is 5.82. The van der Waals surface area contributed by atoms with E-state index in [9.17, 15) is 4.79 Å². The first-order valence-corrected chi connectivity index (χ1v) is 6.96. The third-order valence-corrected chi connectivity index (χ3v) is 1.95. The highest BCUT2D eigenvalue weighted by Crippen LogP contribution is 2.15. The maximum atomic E-state index is 11.8.